The van der Waals surface area contributed by atoms with Crippen LogP contribution in [0.5, 0.6) is 0 Å². The van der Waals surface area contributed by atoms with Crippen LogP contribution in [0.2, 0.25) is 0 Å². The summed E-state index contributed by atoms with van der Waals surface area (Å²) in [4.78, 5) is 27.2. The first-order valence-corrected chi connectivity index (χ1v) is 8.93. The molecule has 1 heterocycles. The molecule has 4 nitrogen and oxygen atoms in total. The van der Waals surface area contributed by atoms with Crippen LogP contribution in [-0.2, 0) is 9.59 Å². The molecule has 26 heavy (non-hydrogen) atoms. The molecule has 0 bridgehead atoms. The second kappa shape index (κ2) is 7.16. The summed E-state index contributed by atoms with van der Waals surface area (Å²) in [6.07, 6.45) is 0.732. The zero-order chi connectivity index (χ0) is 18.8. The number of aryl methyl sites for hydroxylation is 3. The third-order valence-electron chi connectivity index (χ3n) is 4.45. The summed E-state index contributed by atoms with van der Waals surface area (Å²) in [6, 6.07) is 13.7. The molecular formula is C22H24N2O2. The second-order valence-corrected chi connectivity index (χ2v) is 6.88. The van der Waals surface area contributed by atoms with Gasteiger partial charge in [0, 0.05) is 12.2 Å². The normalized spacial score (nSPS) is 14.4. The number of amides is 2. The number of anilines is 1. The third-order valence-corrected chi connectivity index (χ3v) is 4.45. The van der Waals surface area contributed by atoms with Crippen molar-refractivity contribution in [2.45, 2.75) is 34.1 Å². The van der Waals surface area contributed by atoms with Gasteiger partial charge < -0.3 is 5.32 Å². The molecule has 0 atom stereocenters. The number of nitrogens with zero attached hydrogens (tertiary/aromatic N) is 1. The van der Waals surface area contributed by atoms with Crippen molar-refractivity contribution in [3.8, 4) is 0 Å². The Bertz CT molecular complexity index is 875. The molecule has 0 aliphatic carbocycles. The van der Waals surface area contributed by atoms with E-state index in [1.54, 1.807) is 0 Å². The molecule has 0 fully saturated rings. The summed E-state index contributed by atoms with van der Waals surface area (Å²) in [5, 5.41) is 3.22. The summed E-state index contributed by atoms with van der Waals surface area (Å²) in [5.41, 5.74) is 5.71. The fraction of sp³-hybridized carbons (Fsp3) is 0.273. The first-order valence-electron chi connectivity index (χ1n) is 8.93. The smallest absolute Gasteiger partial charge is 0.278 e. The van der Waals surface area contributed by atoms with Crippen LogP contribution in [0.1, 0.15) is 35.6 Å². The maximum Gasteiger partial charge on any atom is 0.278 e. The van der Waals surface area contributed by atoms with Crippen molar-refractivity contribution in [3.05, 3.63) is 70.4 Å². The number of imide groups is 1. The third kappa shape index (κ3) is 3.40. The number of hydrogen-bond donors (Lipinski definition) is 1. The molecule has 3 rings (SSSR count). The Morgan fingerprint density at radius 2 is 1.46 bits per heavy atom. The molecule has 1 N–H and O–H groups in total. The number of rotatable bonds is 5. The van der Waals surface area contributed by atoms with Crippen LogP contribution in [0.15, 0.2) is 48.2 Å². The Balaban J connectivity index is 2.08. The molecule has 134 valence electrons. The number of carbonyl (C=O) groups excluding carboxylic acids is 2. The fourth-order valence-corrected chi connectivity index (χ4v) is 3.30. The SMILES string of the molecule is CCCN1C(=O)C(Nc2cc(C)cc(C)c2)=C(c2ccc(C)cc2)C1=O. The van der Waals surface area contributed by atoms with Crippen molar-refractivity contribution in [3.63, 3.8) is 0 Å². The van der Waals surface area contributed by atoms with Crippen molar-refractivity contribution in [1.82, 2.24) is 4.90 Å². The molecule has 0 saturated heterocycles. The molecule has 2 amide bonds. The Hall–Kier alpha value is -2.88. The maximum atomic E-state index is 12.9. The first kappa shape index (κ1) is 17.9. The molecule has 0 radical (unpaired) electrons. The van der Waals surface area contributed by atoms with Crippen LogP contribution >= 0.6 is 0 Å². The van der Waals surface area contributed by atoms with E-state index in [0.717, 1.165) is 34.4 Å². The highest BCUT2D eigenvalue weighted by atomic mass is 16.2. The van der Waals surface area contributed by atoms with Gasteiger partial charge in [-0.15, -0.1) is 0 Å². The van der Waals surface area contributed by atoms with E-state index in [2.05, 4.69) is 11.4 Å². The Morgan fingerprint density at radius 3 is 2.04 bits per heavy atom. The minimum absolute atomic E-state index is 0.229. The van der Waals surface area contributed by atoms with Gasteiger partial charge >= 0.3 is 0 Å². The lowest BCUT2D eigenvalue weighted by Gasteiger charge is -2.14. The lowest BCUT2D eigenvalue weighted by atomic mass is 10.0. The Kier molecular flexibility index (Phi) is 4.94. The molecule has 0 saturated carbocycles. The first-order chi connectivity index (χ1) is 12.4. The van der Waals surface area contributed by atoms with Gasteiger partial charge in [-0.1, -0.05) is 42.8 Å². The van der Waals surface area contributed by atoms with Crippen LogP contribution in [0.25, 0.3) is 5.57 Å². The van der Waals surface area contributed by atoms with Gasteiger partial charge in [0.2, 0.25) is 0 Å². The Labute approximate surface area is 154 Å². The van der Waals surface area contributed by atoms with E-state index in [0.29, 0.717) is 17.8 Å². The monoisotopic (exact) mass is 348 g/mol. The van der Waals surface area contributed by atoms with E-state index in [-0.39, 0.29) is 11.8 Å². The molecule has 0 aromatic heterocycles. The van der Waals surface area contributed by atoms with Crippen LogP contribution in [0.3, 0.4) is 0 Å². The van der Waals surface area contributed by atoms with E-state index >= 15 is 0 Å². The fourth-order valence-electron chi connectivity index (χ4n) is 3.30. The van der Waals surface area contributed by atoms with E-state index in [9.17, 15) is 9.59 Å². The highest BCUT2D eigenvalue weighted by Gasteiger charge is 2.38. The predicted octanol–water partition coefficient (Wildman–Crippen LogP) is 4.21. The van der Waals surface area contributed by atoms with Gasteiger partial charge in [-0.25, -0.2) is 0 Å². The topological polar surface area (TPSA) is 49.4 Å². The van der Waals surface area contributed by atoms with Gasteiger partial charge in [-0.3, -0.25) is 14.5 Å². The molecule has 2 aromatic rings. The lowest BCUT2D eigenvalue weighted by molar-refractivity contribution is -0.136. The number of benzene rings is 2. The predicted molar refractivity (Wildman–Crippen MR) is 105 cm³/mol. The van der Waals surface area contributed by atoms with E-state index in [4.69, 9.17) is 0 Å². The molecule has 0 spiro atoms. The van der Waals surface area contributed by atoms with E-state index in [1.807, 2.05) is 64.1 Å². The number of carbonyl (C=O) groups is 2. The molecule has 0 unspecified atom stereocenters. The van der Waals surface area contributed by atoms with Gasteiger partial charge in [0.15, 0.2) is 0 Å². The van der Waals surface area contributed by atoms with Crippen molar-refractivity contribution >= 4 is 23.1 Å². The zero-order valence-electron chi connectivity index (χ0n) is 15.7. The number of hydrogen-bond acceptors (Lipinski definition) is 3. The molecule has 1 aliphatic heterocycles. The largest absolute Gasteiger partial charge is 0.350 e. The van der Waals surface area contributed by atoms with E-state index < -0.39 is 0 Å². The highest BCUT2D eigenvalue weighted by Crippen LogP contribution is 2.31. The maximum absolute atomic E-state index is 12.9. The highest BCUT2D eigenvalue weighted by molar-refractivity contribution is 6.36. The van der Waals surface area contributed by atoms with Gasteiger partial charge in [0.25, 0.3) is 11.8 Å². The van der Waals surface area contributed by atoms with Crippen LogP contribution in [-0.4, -0.2) is 23.3 Å². The molecule has 2 aromatic carbocycles. The quantitative estimate of drug-likeness (QED) is 0.823. The molecular weight excluding hydrogens is 324 g/mol. The average molecular weight is 348 g/mol. The lowest BCUT2D eigenvalue weighted by Crippen LogP contribution is -2.33. The number of nitrogens with one attached hydrogen (secondary N) is 1. The standard InChI is InChI=1S/C22H24N2O2/c1-5-10-24-21(25)19(17-8-6-14(2)7-9-17)20(22(24)26)23-18-12-15(3)11-16(4)13-18/h6-9,11-13,23H,5,10H2,1-4H3. The second-order valence-electron chi connectivity index (χ2n) is 6.88. The van der Waals surface area contributed by atoms with Gasteiger partial charge in [-0.2, -0.15) is 0 Å². The minimum atomic E-state index is -0.258. The molecule has 1 aliphatic rings. The van der Waals surface area contributed by atoms with Crippen molar-refractivity contribution in [2.24, 2.45) is 0 Å². The van der Waals surface area contributed by atoms with Crippen molar-refractivity contribution in [2.75, 3.05) is 11.9 Å². The summed E-state index contributed by atoms with van der Waals surface area (Å²) in [5.74, 6) is -0.487. The van der Waals surface area contributed by atoms with Crippen molar-refractivity contribution < 1.29 is 9.59 Å². The van der Waals surface area contributed by atoms with E-state index in [1.165, 1.54) is 4.90 Å². The van der Waals surface area contributed by atoms with Gasteiger partial charge in [0.1, 0.15) is 5.70 Å². The van der Waals surface area contributed by atoms with Gasteiger partial charge in [-0.05, 0) is 56.0 Å². The van der Waals surface area contributed by atoms with Crippen LogP contribution in [0, 0.1) is 20.8 Å². The minimum Gasteiger partial charge on any atom is -0.350 e. The summed E-state index contributed by atoms with van der Waals surface area (Å²) in [6.45, 7) is 8.40. The van der Waals surface area contributed by atoms with Crippen molar-refractivity contribution in [1.29, 1.82) is 0 Å². The van der Waals surface area contributed by atoms with Gasteiger partial charge in [0.05, 0.1) is 5.57 Å². The Morgan fingerprint density at radius 1 is 0.846 bits per heavy atom. The summed E-state index contributed by atoms with van der Waals surface area (Å²) < 4.78 is 0. The zero-order valence-corrected chi connectivity index (χ0v) is 15.7. The summed E-state index contributed by atoms with van der Waals surface area (Å²) >= 11 is 0. The van der Waals surface area contributed by atoms with Crippen LogP contribution in [0.4, 0.5) is 5.69 Å². The molecule has 4 heteroatoms. The summed E-state index contributed by atoms with van der Waals surface area (Å²) in [7, 11) is 0. The average Bonchev–Trinajstić information content (AvgIpc) is 2.80. The van der Waals surface area contributed by atoms with Crippen LogP contribution < -0.4 is 5.32 Å².